The topological polar surface area (TPSA) is 38.3 Å². The lowest BCUT2D eigenvalue weighted by Crippen LogP contribution is -2.48. The van der Waals surface area contributed by atoms with Crippen LogP contribution >= 0.6 is 15.9 Å². The van der Waals surface area contributed by atoms with Gasteiger partial charge in [-0.1, -0.05) is 22.9 Å². The van der Waals surface area contributed by atoms with E-state index in [0.717, 1.165) is 31.0 Å². The third kappa shape index (κ3) is 3.45. The molecule has 2 unspecified atom stereocenters. The highest BCUT2D eigenvalue weighted by Crippen LogP contribution is 2.25. The monoisotopic (exact) mass is 277 g/mol. The van der Waals surface area contributed by atoms with Crippen molar-refractivity contribution >= 4 is 21.8 Å². The van der Waals surface area contributed by atoms with E-state index in [9.17, 15) is 4.79 Å². The van der Waals surface area contributed by atoms with E-state index in [-0.39, 0.29) is 11.9 Å². The molecule has 0 saturated carbocycles. The Morgan fingerprint density at radius 3 is 2.87 bits per heavy atom. The van der Waals surface area contributed by atoms with Gasteiger partial charge in [0.05, 0.1) is 0 Å². The maximum Gasteiger partial charge on any atom is 0.252 e. The number of alkyl halides is 1. The summed E-state index contributed by atoms with van der Waals surface area (Å²) in [5.41, 5.74) is -0.584. The minimum Gasteiger partial charge on any atom is -0.365 e. The van der Waals surface area contributed by atoms with Crippen molar-refractivity contribution in [2.24, 2.45) is 0 Å². The quantitative estimate of drug-likeness (QED) is 0.783. The van der Waals surface area contributed by atoms with Crippen molar-refractivity contribution in [3.8, 4) is 0 Å². The van der Waals surface area contributed by atoms with Crippen LogP contribution in [0.3, 0.4) is 0 Å². The zero-order valence-electron chi connectivity index (χ0n) is 9.51. The number of hydrogen-bond acceptors (Lipinski definition) is 2. The lowest BCUT2D eigenvalue weighted by molar-refractivity contribution is -0.140. The number of ether oxygens (including phenoxy) is 1. The fourth-order valence-electron chi connectivity index (χ4n) is 1.81. The van der Waals surface area contributed by atoms with E-state index in [1.165, 1.54) is 0 Å². The normalized spacial score (nSPS) is 27.7. The first kappa shape index (κ1) is 13.0. The largest absolute Gasteiger partial charge is 0.365 e. The van der Waals surface area contributed by atoms with Crippen molar-refractivity contribution < 1.29 is 9.53 Å². The Labute approximate surface area is 100 Å². The van der Waals surface area contributed by atoms with Crippen LogP contribution in [0.1, 0.15) is 39.5 Å². The van der Waals surface area contributed by atoms with Gasteiger partial charge in [0.25, 0.3) is 5.91 Å². The van der Waals surface area contributed by atoms with Crippen LogP contribution in [-0.2, 0) is 9.53 Å². The lowest BCUT2D eigenvalue weighted by atomic mass is 10.0. The van der Waals surface area contributed by atoms with Crippen molar-refractivity contribution in [2.75, 3.05) is 11.9 Å². The van der Waals surface area contributed by atoms with E-state index < -0.39 is 5.60 Å². The summed E-state index contributed by atoms with van der Waals surface area (Å²) in [4.78, 5) is 12.0. The number of hydrogen-bond donors (Lipinski definition) is 1. The molecule has 0 aromatic heterocycles. The van der Waals surface area contributed by atoms with E-state index in [0.29, 0.717) is 6.61 Å². The van der Waals surface area contributed by atoms with E-state index in [2.05, 4.69) is 28.2 Å². The molecule has 4 heteroatoms. The van der Waals surface area contributed by atoms with Crippen LogP contribution in [0.25, 0.3) is 0 Å². The number of halogens is 1. The Hall–Kier alpha value is -0.0900. The van der Waals surface area contributed by atoms with E-state index in [4.69, 9.17) is 4.74 Å². The Morgan fingerprint density at radius 1 is 1.67 bits per heavy atom. The SMILES string of the molecule is CCC(CCBr)NC(=O)C1(C)CCCO1. The summed E-state index contributed by atoms with van der Waals surface area (Å²) >= 11 is 3.40. The highest BCUT2D eigenvalue weighted by molar-refractivity contribution is 9.09. The van der Waals surface area contributed by atoms with Gasteiger partial charge in [-0.15, -0.1) is 0 Å². The second-order valence-electron chi connectivity index (χ2n) is 4.24. The molecule has 1 aliphatic rings. The minimum absolute atomic E-state index is 0.0489. The Bertz CT molecular complexity index is 215. The van der Waals surface area contributed by atoms with Crippen molar-refractivity contribution in [2.45, 2.75) is 51.2 Å². The second-order valence-corrected chi connectivity index (χ2v) is 5.03. The van der Waals surface area contributed by atoms with Gasteiger partial charge in [-0.2, -0.15) is 0 Å². The van der Waals surface area contributed by atoms with Gasteiger partial charge in [0.1, 0.15) is 5.60 Å². The van der Waals surface area contributed by atoms with Gasteiger partial charge >= 0.3 is 0 Å². The van der Waals surface area contributed by atoms with Gasteiger partial charge in [-0.25, -0.2) is 0 Å². The van der Waals surface area contributed by atoms with E-state index in [1.54, 1.807) is 0 Å². The molecule has 0 radical (unpaired) electrons. The number of amides is 1. The molecule has 0 aromatic carbocycles. The van der Waals surface area contributed by atoms with Gasteiger partial charge in [-0.05, 0) is 32.6 Å². The van der Waals surface area contributed by atoms with Crippen molar-refractivity contribution in [1.29, 1.82) is 0 Å². The predicted octanol–water partition coefficient (Wildman–Crippen LogP) is 2.24. The molecule has 1 N–H and O–H groups in total. The van der Waals surface area contributed by atoms with E-state index in [1.807, 2.05) is 6.92 Å². The number of nitrogens with one attached hydrogen (secondary N) is 1. The molecule has 0 bridgehead atoms. The molecule has 1 rings (SSSR count). The minimum atomic E-state index is -0.584. The first-order valence-corrected chi connectivity index (χ1v) is 6.75. The number of carbonyl (C=O) groups is 1. The molecule has 15 heavy (non-hydrogen) atoms. The lowest BCUT2D eigenvalue weighted by Gasteiger charge is -2.25. The molecule has 3 nitrogen and oxygen atoms in total. The van der Waals surface area contributed by atoms with Gasteiger partial charge in [0, 0.05) is 18.0 Å². The summed E-state index contributed by atoms with van der Waals surface area (Å²) in [5, 5.41) is 3.98. The zero-order valence-corrected chi connectivity index (χ0v) is 11.1. The third-order valence-corrected chi connectivity index (χ3v) is 3.44. The second kappa shape index (κ2) is 5.85. The molecule has 1 saturated heterocycles. The van der Waals surface area contributed by atoms with Crippen LogP contribution in [0.4, 0.5) is 0 Å². The highest BCUT2D eigenvalue weighted by atomic mass is 79.9. The summed E-state index contributed by atoms with van der Waals surface area (Å²) in [5.74, 6) is 0.0489. The van der Waals surface area contributed by atoms with Crippen molar-refractivity contribution in [3.63, 3.8) is 0 Å². The Kier molecular flexibility index (Phi) is 5.06. The summed E-state index contributed by atoms with van der Waals surface area (Å²) in [6.07, 6.45) is 3.76. The van der Waals surface area contributed by atoms with Crippen LogP contribution in [0, 0.1) is 0 Å². The molecule has 1 heterocycles. The molecule has 1 fully saturated rings. The molecule has 1 aliphatic heterocycles. The zero-order chi connectivity index (χ0) is 11.3. The summed E-state index contributed by atoms with van der Waals surface area (Å²) in [6, 6.07) is 0.262. The van der Waals surface area contributed by atoms with Gasteiger partial charge in [-0.3, -0.25) is 4.79 Å². The molecule has 0 aliphatic carbocycles. The van der Waals surface area contributed by atoms with Gasteiger partial charge in [0.15, 0.2) is 0 Å². The highest BCUT2D eigenvalue weighted by Gasteiger charge is 2.38. The molecule has 0 spiro atoms. The Balaban J connectivity index is 2.45. The average Bonchev–Trinajstić information content (AvgIpc) is 2.65. The van der Waals surface area contributed by atoms with Gasteiger partial charge in [0.2, 0.25) is 0 Å². The maximum absolute atomic E-state index is 12.0. The molecule has 1 amide bonds. The molecule has 0 aromatic rings. The maximum atomic E-state index is 12.0. The van der Waals surface area contributed by atoms with Crippen molar-refractivity contribution in [1.82, 2.24) is 5.32 Å². The summed E-state index contributed by atoms with van der Waals surface area (Å²) in [7, 11) is 0. The first-order valence-electron chi connectivity index (χ1n) is 5.63. The molecule has 2 atom stereocenters. The van der Waals surface area contributed by atoms with Crippen LogP contribution in [0.2, 0.25) is 0 Å². The molecular formula is C11H20BrNO2. The van der Waals surface area contributed by atoms with Crippen LogP contribution in [0.15, 0.2) is 0 Å². The number of carbonyl (C=O) groups excluding carboxylic acids is 1. The standard InChI is InChI=1S/C11H20BrNO2/c1-3-9(5-7-12)13-10(14)11(2)6-4-8-15-11/h9H,3-8H2,1-2H3,(H,13,14). The van der Waals surface area contributed by atoms with E-state index >= 15 is 0 Å². The van der Waals surface area contributed by atoms with Crippen LogP contribution in [-0.4, -0.2) is 29.5 Å². The smallest absolute Gasteiger partial charge is 0.252 e. The van der Waals surface area contributed by atoms with Crippen LogP contribution < -0.4 is 5.32 Å². The average molecular weight is 278 g/mol. The first-order chi connectivity index (χ1) is 7.12. The summed E-state index contributed by atoms with van der Waals surface area (Å²) in [6.45, 7) is 4.68. The fraction of sp³-hybridized carbons (Fsp3) is 0.909. The fourth-order valence-corrected chi connectivity index (χ4v) is 2.36. The molecule has 88 valence electrons. The Morgan fingerprint density at radius 2 is 2.40 bits per heavy atom. The van der Waals surface area contributed by atoms with Gasteiger partial charge < -0.3 is 10.1 Å². The number of rotatable bonds is 5. The third-order valence-electron chi connectivity index (χ3n) is 2.98. The predicted molar refractivity (Wildman–Crippen MR) is 64.2 cm³/mol. The summed E-state index contributed by atoms with van der Waals surface area (Å²) < 4.78 is 5.50. The van der Waals surface area contributed by atoms with Crippen LogP contribution in [0.5, 0.6) is 0 Å². The molecular weight excluding hydrogens is 258 g/mol. The van der Waals surface area contributed by atoms with Crippen molar-refractivity contribution in [3.05, 3.63) is 0 Å².